The first kappa shape index (κ1) is 14.7. The van der Waals surface area contributed by atoms with Gasteiger partial charge in [0, 0.05) is 11.8 Å². The highest BCUT2D eigenvalue weighted by atomic mass is 32.2. The van der Waals surface area contributed by atoms with Crippen LogP contribution < -0.4 is 5.32 Å². The van der Waals surface area contributed by atoms with Crippen molar-refractivity contribution in [2.24, 2.45) is 0 Å². The summed E-state index contributed by atoms with van der Waals surface area (Å²) in [6.45, 7) is 1.96. The quantitative estimate of drug-likeness (QED) is 0.940. The monoisotopic (exact) mass is 310 g/mol. The molecule has 0 radical (unpaired) electrons. The number of rotatable bonds is 4. The molecule has 1 aromatic heterocycles. The summed E-state index contributed by atoms with van der Waals surface area (Å²) in [6, 6.07) is 5.85. The van der Waals surface area contributed by atoms with Crippen molar-refractivity contribution in [1.29, 1.82) is 0 Å². The molecule has 0 spiro atoms. The number of carbonyl (C=O) groups is 1. The Labute approximate surface area is 121 Å². The zero-order valence-electron chi connectivity index (χ0n) is 11.1. The molecule has 0 aliphatic carbocycles. The van der Waals surface area contributed by atoms with Gasteiger partial charge in [0.15, 0.2) is 9.84 Å². The summed E-state index contributed by atoms with van der Waals surface area (Å²) in [4.78, 5) is 16.4. The van der Waals surface area contributed by atoms with E-state index in [1.165, 1.54) is 35.6 Å². The van der Waals surface area contributed by atoms with Gasteiger partial charge >= 0.3 is 0 Å². The summed E-state index contributed by atoms with van der Waals surface area (Å²) in [6.07, 6.45) is 1.87. The minimum Gasteiger partial charge on any atom is -0.312 e. The molecule has 0 saturated heterocycles. The molecule has 0 fully saturated rings. The van der Waals surface area contributed by atoms with Gasteiger partial charge in [-0.25, -0.2) is 13.4 Å². The summed E-state index contributed by atoms with van der Waals surface area (Å²) >= 11 is 1.37. The van der Waals surface area contributed by atoms with E-state index in [9.17, 15) is 13.2 Å². The third kappa shape index (κ3) is 3.23. The maximum Gasteiger partial charge on any atom is 0.256 e. The summed E-state index contributed by atoms with van der Waals surface area (Å²) < 4.78 is 22.7. The summed E-state index contributed by atoms with van der Waals surface area (Å²) in [5, 5.41) is 3.51. The lowest BCUT2D eigenvalue weighted by atomic mass is 10.2. The molecular formula is C13H14N2O3S2. The standard InChI is InChI=1S/C13H14N2O3S2/c1-3-11-13(19-8-14-11)15-12(16)9-4-6-10(7-5-9)20(2,17)18/h4-8H,3H2,1-2H3,(H,15,16). The highest BCUT2D eigenvalue weighted by Gasteiger charge is 2.12. The molecule has 0 saturated carbocycles. The van der Waals surface area contributed by atoms with Gasteiger partial charge in [-0.1, -0.05) is 6.92 Å². The van der Waals surface area contributed by atoms with Gasteiger partial charge in [-0.05, 0) is 30.7 Å². The van der Waals surface area contributed by atoms with Gasteiger partial charge in [0.05, 0.1) is 16.1 Å². The number of aromatic nitrogens is 1. The molecule has 2 rings (SSSR count). The summed E-state index contributed by atoms with van der Waals surface area (Å²) in [5.41, 5.74) is 2.94. The maximum atomic E-state index is 12.1. The van der Waals surface area contributed by atoms with Crippen LogP contribution in [0.2, 0.25) is 0 Å². The molecule has 0 aliphatic heterocycles. The Bertz CT molecular complexity index is 718. The molecular weight excluding hydrogens is 296 g/mol. The van der Waals surface area contributed by atoms with E-state index in [-0.39, 0.29) is 10.8 Å². The molecule has 0 aliphatic rings. The first-order valence-corrected chi connectivity index (χ1v) is 8.72. The molecule has 0 atom stereocenters. The van der Waals surface area contributed by atoms with Gasteiger partial charge in [0.25, 0.3) is 5.91 Å². The number of hydrogen-bond acceptors (Lipinski definition) is 5. The summed E-state index contributed by atoms with van der Waals surface area (Å²) in [7, 11) is -3.25. The van der Waals surface area contributed by atoms with Crippen LogP contribution in [0.25, 0.3) is 0 Å². The SMILES string of the molecule is CCc1ncsc1NC(=O)c1ccc(S(C)(=O)=O)cc1. The topological polar surface area (TPSA) is 76.1 Å². The number of benzene rings is 1. The first-order valence-electron chi connectivity index (χ1n) is 5.95. The second kappa shape index (κ2) is 5.72. The van der Waals surface area contributed by atoms with Crippen molar-refractivity contribution < 1.29 is 13.2 Å². The lowest BCUT2D eigenvalue weighted by Crippen LogP contribution is -2.12. The largest absolute Gasteiger partial charge is 0.312 e. The van der Waals surface area contributed by atoms with Crippen molar-refractivity contribution in [3.8, 4) is 0 Å². The number of thiazole rings is 1. The van der Waals surface area contributed by atoms with E-state index in [2.05, 4.69) is 10.3 Å². The van der Waals surface area contributed by atoms with Crippen molar-refractivity contribution in [3.63, 3.8) is 0 Å². The normalized spacial score (nSPS) is 11.3. The predicted octanol–water partition coefficient (Wildman–Crippen LogP) is 2.36. The number of nitrogens with one attached hydrogen (secondary N) is 1. The van der Waals surface area contributed by atoms with E-state index < -0.39 is 9.84 Å². The highest BCUT2D eigenvalue weighted by Crippen LogP contribution is 2.21. The molecule has 2 aromatic rings. The molecule has 0 bridgehead atoms. The molecule has 1 heterocycles. The second-order valence-electron chi connectivity index (χ2n) is 4.23. The minimum atomic E-state index is -3.25. The van der Waals surface area contributed by atoms with Crippen LogP contribution in [0.4, 0.5) is 5.00 Å². The van der Waals surface area contributed by atoms with Gasteiger partial charge in [-0.2, -0.15) is 0 Å². The first-order chi connectivity index (χ1) is 9.41. The van der Waals surface area contributed by atoms with Crippen LogP contribution in [0.15, 0.2) is 34.7 Å². The Morgan fingerprint density at radius 1 is 1.30 bits per heavy atom. The smallest absolute Gasteiger partial charge is 0.256 e. The van der Waals surface area contributed by atoms with Crippen LogP contribution in [0.5, 0.6) is 0 Å². The van der Waals surface area contributed by atoms with E-state index in [0.717, 1.165) is 23.4 Å². The van der Waals surface area contributed by atoms with E-state index in [0.29, 0.717) is 5.56 Å². The number of hydrogen-bond donors (Lipinski definition) is 1. The van der Waals surface area contributed by atoms with Crippen LogP contribution in [-0.2, 0) is 16.3 Å². The van der Waals surface area contributed by atoms with Crippen molar-refractivity contribution in [2.45, 2.75) is 18.2 Å². The minimum absolute atomic E-state index is 0.195. The Kier molecular flexibility index (Phi) is 4.20. The van der Waals surface area contributed by atoms with Gasteiger partial charge < -0.3 is 5.32 Å². The lowest BCUT2D eigenvalue weighted by Gasteiger charge is -2.05. The zero-order valence-corrected chi connectivity index (χ0v) is 12.7. The van der Waals surface area contributed by atoms with Crippen LogP contribution in [0, 0.1) is 0 Å². The Morgan fingerprint density at radius 2 is 1.95 bits per heavy atom. The van der Waals surface area contributed by atoms with Gasteiger partial charge in [-0.15, -0.1) is 11.3 Å². The Balaban J connectivity index is 2.18. The molecule has 1 amide bonds. The third-order valence-corrected chi connectivity index (χ3v) is 4.66. The van der Waals surface area contributed by atoms with Gasteiger partial charge in [0.2, 0.25) is 0 Å². The second-order valence-corrected chi connectivity index (χ2v) is 7.10. The molecule has 7 heteroatoms. The van der Waals surface area contributed by atoms with E-state index >= 15 is 0 Å². The third-order valence-electron chi connectivity index (χ3n) is 2.75. The fourth-order valence-corrected chi connectivity index (χ4v) is 3.05. The van der Waals surface area contributed by atoms with Crippen LogP contribution >= 0.6 is 11.3 Å². The number of sulfone groups is 1. The Morgan fingerprint density at radius 3 is 2.50 bits per heavy atom. The highest BCUT2D eigenvalue weighted by molar-refractivity contribution is 7.90. The number of anilines is 1. The number of nitrogens with zero attached hydrogens (tertiary/aromatic N) is 1. The average molecular weight is 310 g/mol. The molecule has 0 unspecified atom stereocenters. The number of aryl methyl sites for hydroxylation is 1. The molecule has 1 N–H and O–H groups in total. The van der Waals surface area contributed by atoms with Crippen molar-refractivity contribution in [1.82, 2.24) is 4.98 Å². The van der Waals surface area contributed by atoms with Crippen LogP contribution in [0.1, 0.15) is 23.0 Å². The number of carbonyl (C=O) groups excluding carboxylic acids is 1. The molecule has 1 aromatic carbocycles. The van der Waals surface area contributed by atoms with Crippen LogP contribution in [0.3, 0.4) is 0 Å². The molecule has 20 heavy (non-hydrogen) atoms. The van der Waals surface area contributed by atoms with Gasteiger partial charge in [0.1, 0.15) is 5.00 Å². The van der Waals surface area contributed by atoms with Gasteiger partial charge in [-0.3, -0.25) is 4.79 Å². The maximum absolute atomic E-state index is 12.1. The zero-order chi connectivity index (χ0) is 14.8. The van der Waals surface area contributed by atoms with Crippen molar-refractivity contribution in [3.05, 3.63) is 41.0 Å². The Hall–Kier alpha value is -1.73. The van der Waals surface area contributed by atoms with Crippen LogP contribution in [-0.4, -0.2) is 25.6 Å². The molecule has 106 valence electrons. The molecule has 5 nitrogen and oxygen atoms in total. The van der Waals surface area contributed by atoms with E-state index in [1.54, 1.807) is 5.51 Å². The fraction of sp³-hybridized carbons (Fsp3) is 0.231. The average Bonchev–Trinajstić information content (AvgIpc) is 2.85. The number of amides is 1. The van der Waals surface area contributed by atoms with E-state index in [4.69, 9.17) is 0 Å². The lowest BCUT2D eigenvalue weighted by molar-refractivity contribution is 0.102. The van der Waals surface area contributed by atoms with Crippen molar-refractivity contribution >= 4 is 32.1 Å². The fourth-order valence-electron chi connectivity index (χ4n) is 1.65. The van der Waals surface area contributed by atoms with Crippen molar-refractivity contribution in [2.75, 3.05) is 11.6 Å². The summed E-state index contributed by atoms with van der Waals surface area (Å²) in [5.74, 6) is -0.274. The predicted molar refractivity (Wildman–Crippen MR) is 79.0 cm³/mol. The van der Waals surface area contributed by atoms with E-state index in [1.807, 2.05) is 6.92 Å².